The average Bonchev–Trinajstić information content (AvgIpc) is 2.01. The lowest BCUT2D eigenvalue weighted by molar-refractivity contribution is 0.139. The number of hydrazone groups is 1. The van der Waals surface area contributed by atoms with Gasteiger partial charge in [-0.2, -0.15) is 5.10 Å². The smallest absolute Gasteiger partial charge is 0.121 e. The Morgan fingerprint density at radius 3 is 2.80 bits per heavy atom. The molecule has 0 unspecified atom stereocenters. The Morgan fingerprint density at radius 1 is 1.00 bits per heavy atom. The predicted octanol–water partition coefficient (Wildman–Crippen LogP) is 1.13. The highest BCUT2D eigenvalue weighted by Gasteiger charge is 1.70. The number of nitrogens with zero attached hydrogens (tertiary/aromatic N) is 1. The van der Waals surface area contributed by atoms with E-state index < -0.39 is 0 Å². The number of rotatable bonds is 0. The third-order valence-corrected chi connectivity index (χ3v) is 0.857. The maximum atomic E-state index is 4.70. The van der Waals surface area contributed by atoms with E-state index in [-0.39, 0.29) is 0 Å². The monoisotopic (exact) mass is 136 g/mol. The van der Waals surface area contributed by atoms with E-state index in [0.717, 1.165) is 0 Å². The molecule has 0 amide bonds. The molecule has 0 aliphatic carbocycles. The van der Waals surface area contributed by atoms with Crippen molar-refractivity contribution in [2.75, 3.05) is 0 Å². The summed E-state index contributed by atoms with van der Waals surface area (Å²) in [5, 5.41) is 3.66. The summed E-state index contributed by atoms with van der Waals surface area (Å²) in [5.74, 6) is 0. The highest BCUT2D eigenvalue weighted by molar-refractivity contribution is 5.71. The molecule has 1 heterocycles. The molecule has 10 heavy (non-hydrogen) atoms. The molecule has 1 rings (SSSR count). The summed E-state index contributed by atoms with van der Waals surface area (Å²) in [7, 11) is 0. The van der Waals surface area contributed by atoms with E-state index in [1.807, 2.05) is 18.2 Å². The molecule has 3 nitrogen and oxygen atoms in total. The van der Waals surface area contributed by atoms with Crippen LogP contribution in [0.4, 0.5) is 0 Å². The summed E-state index contributed by atoms with van der Waals surface area (Å²) < 4.78 is 0. The van der Waals surface area contributed by atoms with Crippen molar-refractivity contribution >= 4 is 6.21 Å². The van der Waals surface area contributed by atoms with Crippen LogP contribution < -0.4 is 5.59 Å². The summed E-state index contributed by atoms with van der Waals surface area (Å²) in [6.45, 7) is 0. The second-order valence-corrected chi connectivity index (χ2v) is 1.59. The minimum Gasteiger partial charge on any atom is -0.373 e. The zero-order valence-corrected chi connectivity index (χ0v) is 5.40. The summed E-state index contributed by atoms with van der Waals surface area (Å²) in [6, 6.07) is 0. The summed E-state index contributed by atoms with van der Waals surface area (Å²) >= 11 is 0. The molecule has 0 bridgehead atoms. The van der Waals surface area contributed by atoms with Gasteiger partial charge in [-0.05, 0) is 12.2 Å². The summed E-state index contributed by atoms with van der Waals surface area (Å²) in [6.07, 6.45) is 12.3. The number of hydrogen-bond acceptors (Lipinski definition) is 3. The third kappa shape index (κ3) is 2.71. The van der Waals surface area contributed by atoms with E-state index in [1.165, 1.54) is 6.26 Å². The molecule has 0 aromatic carbocycles. The number of hydrogen-bond donors (Lipinski definition) is 1. The molecule has 0 aromatic rings. The van der Waals surface area contributed by atoms with Gasteiger partial charge >= 0.3 is 0 Å². The van der Waals surface area contributed by atoms with E-state index >= 15 is 0 Å². The van der Waals surface area contributed by atoms with Crippen LogP contribution in [0, 0.1) is 0 Å². The zero-order chi connectivity index (χ0) is 7.07. The van der Waals surface area contributed by atoms with Crippen LogP contribution in [0.1, 0.15) is 0 Å². The van der Waals surface area contributed by atoms with Gasteiger partial charge in [0.15, 0.2) is 0 Å². The lowest BCUT2D eigenvalue weighted by atomic mass is 10.4. The van der Waals surface area contributed by atoms with Gasteiger partial charge in [0, 0.05) is 0 Å². The van der Waals surface area contributed by atoms with Crippen molar-refractivity contribution in [3.63, 3.8) is 0 Å². The van der Waals surface area contributed by atoms with Gasteiger partial charge in [-0.1, -0.05) is 18.2 Å². The van der Waals surface area contributed by atoms with E-state index in [0.29, 0.717) is 0 Å². The average molecular weight is 136 g/mol. The van der Waals surface area contributed by atoms with Crippen molar-refractivity contribution in [3.8, 4) is 0 Å². The molecule has 0 saturated carbocycles. The van der Waals surface area contributed by atoms with Gasteiger partial charge in [-0.3, -0.25) is 0 Å². The van der Waals surface area contributed by atoms with Gasteiger partial charge in [0.1, 0.15) is 6.26 Å². The van der Waals surface area contributed by atoms with E-state index in [1.54, 1.807) is 18.4 Å². The molecule has 1 N–H and O–H groups in total. The highest BCUT2D eigenvalue weighted by atomic mass is 16.7. The lowest BCUT2D eigenvalue weighted by Crippen LogP contribution is -2.00. The Labute approximate surface area is 59.3 Å². The summed E-state index contributed by atoms with van der Waals surface area (Å²) in [5.41, 5.74) is 2.35. The maximum Gasteiger partial charge on any atom is 0.121 e. The van der Waals surface area contributed by atoms with Gasteiger partial charge < -0.3 is 4.84 Å². The number of nitrogens with one attached hydrogen (secondary N) is 1. The predicted molar refractivity (Wildman–Crippen MR) is 40.1 cm³/mol. The van der Waals surface area contributed by atoms with Gasteiger partial charge in [0.25, 0.3) is 0 Å². The molecule has 0 radical (unpaired) electrons. The van der Waals surface area contributed by atoms with Gasteiger partial charge in [0.05, 0.1) is 6.21 Å². The standard InChI is InChI=1S/C7H8N2O/c1-2-4-6-8-9-10-7-5-3-1/h1-7,9H. The first kappa shape index (κ1) is 6.61. The van der Waals surface area contributed by atoms with Crippen LogP contribution >= 0.6 is 0 Å². The quantitative estimate of drug-likeness (QED) is 0.541. The Morgan fingerprint density at radius 2 is 1.80 bits per heavy atom. The Hall–Kier alpha value is -1.51. The van der Waals surface area contributed by atoms with Crippen LogP contribution in [-0.4, -0.2) is 6.21 Å². The minimum absolute atomic E-state index is 1.51. The van der Waals surface area contributed by atoms with E-state index in [9.17, 15) is 0 Å². The van der Waals surface area contributed by atoms with Crippen molar-refractivity contribution in [1.29, 1.82) is 0 Å². The first-order chi connectivity index (χ1) is 5.00. The van der Waals surface area contributed by atoms with Crippen LogP contribution in [0.25, 0.3) is 0 Å². The molecular weight excluding hydrogens is 128 g/mol. The van der Waals surface area contributed by atoms with Crippen molar-refractivity contribution < 1.29 is 4.84 Å². The lowest BCUT2D eigenvalue weighted by Gasteiger charge is -1.93. The Balaban J connectivity index is 2.53. The van der Waals surface area contributed by atoms with Crippen LogP contribution in [0.5, 0.6) is 0 Å². The molecule has 0 spiro atoms. The fraction of sp³-hybridized carbons (Fsp3) is 0. The molecule has 1 aliphatic rings. The van der Waals surface area contributed by atoms with Gasteiger partial charge in [-0.15, -0.1) is 5.59 Å². The van der Waals surface area contributed by atoms with Crippen LogP contribution in [0.15, 0.2) is 41.7 Å². The Bertz CT molecular complexity index is 170. The molecule has 0 aromatic heterocycles. The largest absolute Gasteiger partial charge is 0.373 e. The van der Waals surface area contributed by atoms with Gasteiger partial charge in [0.2, 0.25) is 0 Å². The van der Waals surface area contributed by atoms with E-state index in [4.69, 9.17) is 4.84 Å². The maximum absolute atomic E-state index is 4.70. The van der Waals surface area contributed by atoms with Crippen LogP contribution in [-0.2, 0) is 4.84 Å². The van der Waals surface area contributed by atoms with Crippen molar-refractivity contribution in [3.05, 3.63) is 36.6 Å². The zero-order valence-electron chi connectivity index (χ0n) is 5.40. The molecule has 3 heteroatoms. The molecule has 0 saturated heterocycles. The van der Waals surface area contributed by atoms with Crippen LogP contribution in [0.2, 0.25) is 0 Å². The minimum atomic E-state index is 1.51. The molecule has 1 aliphatic heterocycles. The Kier molecular flexibility index (Phi) is 2.89. The molecular formula is C7H8N2O. The van der Waals surface area contributed by atoms with Crippen molar-refractivity contribution in [1.82, 2.24) is 5.59 Å². The third-order valence-electron chi connectivity index (χ3n) is 0.857. The SMILES string of the molecule is C1=CC=CONN=CC=C1. The second-order valence-electron chi connectivity index (χ2n) is 1.59. The molecule has 0 atom stereocenters. The van der Waals surface area contributed by atoms with E-state index in [2.05, 4.69) is 10.7 Å². The fourth-order valence-corrected chi connectivity index (χ4v) is 0.461. The number of allylic oxidation sites excluding steroid dienone is 5. The van der Waals surface area contributed by atoms with Crippen molar-refractivity contribution in [2.24, 2.45) is 5.10 Å². The van der Waals surface area contributed by atoms with Gasteiger partial charge in [-0.25, -0.2) is 0 Å². The van der Waals surface area contributed by atoms with Crippen LogP contribution in [0.3, 0.4) is 0 Å². The normalized spacial score (nSPS) is 16.0. The second kappa shape index (κ2) is 4.38. The highest BCUT2D eigenvalue weighted by Crippen LogP contribution is 1.81. The molecule has 52 valence electrons. The topological polar surface area (TPSA) is 33.6 Å². The fourth-order valence-electron chi connectivity index (χ4n) is 0.461. The summed E-state index contributed by atoms with van der Waals surface area (Å²) in [4.78, 5) is 4.70. The first-order valence-electron chi connectivity index (χ1n) is 2.92. The first-order valence-corrected chi connectivity index (χ1v) is 2.92. The molecule has 0 fully saturated rings. The van der Waals surface area contributed by atoms with Crippen molar-refractivity contribution in [2.45, 2.75) is 0 Å².